The van der Waals surface area contributed by atoms with Crippen LogP contribution in [0.15, 0.2) is 48.5 Å². The van der Waals surface area contributed by atoms with Gasteiger partial charge in [0.05, 0.1) is 12.5 Å². The number of carbonyl (C=O) groups is 1. The molecule has 0 N–H and O–H groups in total. The zero-order chi connectivity index (χ0) is 30.5. The van der Waals surface area contributed by atoms with Gasteiger partial charge in [-0.3, -0.25) is 4.79 Å². The molecule has 0 radical (unpaired) electrons. The summed E-state index contributed by atoms with van der Waals surface area (Å²) in [5.41, 5.74) is -0.220. The number of fused-ring (bicyclic) bond motifs is 1. The van der Waals surface area contributed by atoms with E-state index in [-0.39, 0.29) is 36.6 Å². The monoisotopic (exact) mass is 598 g/mol. The van der Waals surface area contributed by atoms with E-state index in [0.29, 0.717) is 17.2 Å². The highest BCUT2D eigenvalue weighted by Gasteiger charge is 2.38. The van der Waals surface area contributed by atoms with E-state index in [1.54, 1.807) is 31.2 Å². The Balaban J connectivity index is 1.16. The summed E-state index contributed by atoms with van der Waals surface area (Å²) in [5.74, 6) is -3.62. The molecule has 4 unspecified atom stereocenters. The number of benzene rings is 3. The summed E-state index contributed by atoms with van der Waals surface area (Å²) in [4.78, 5) is 12.9. The van der Waals surface area contributed by atoms with Crippen molar-refractivity contribution in [1.29, 1.82) is 0 Å². The maximum absolute atomic E-state index is 14.9. The smallest absolute Gasteiger partial charge is 0.314 e. The quantitative estimate of drug-likeness (QED) is 0.133. The van der Waals surface area contributed by atoms with Crippen LogP contribution in [0.4, 0.5) is 17.6 Å². The number of rotatable bonds is 10. The summed E-state index contributed by atoms with van der Waals surface area (Å²) in [5, 5.41) is 0. The topological polar surface area (TPSA) is 44.8 Å². The predicted molar refractivity (Wildman–Crippen MR) is 156 cm³/mol. The Bertz CT molecular complexity index is 1420. The first-order chi connectivity index (χ1) is 20.8. The molecule has 3 aromatic rings. The highest BCUT2D eigenvalue weighted by Crippen LogP contribution is 2.46. The molecule has 4 atom stereocenters. The molecular weight excluding hydrogens is 560 g/mol. The van der Waals surface area contributed by atoms with Gasteiger partial charge in [-0.1, -0.05) is 38.3 Å². The molecule has 8 heteroatoms. The van der Waals surface area contributed by atoms with E-state index in [2.05, 4.69) is 6.92 Å². The minimum atomic E-state index is -1.36. The van der Waals surface area contributed by atoms with Gasteiger partial charge in [0.2, 0.25) is 11.6 Å². The molecule has 5 rings (SSSR count). The van der Waals surface area contributed by atoms with Crippen LogP contribution in [0.25, 0.3) is 11.1 Å². The number of carbonyl (C=O) groups excluding carboxylic acids is 1. The van der Waals surface area contributed by atoms with Gasteiger partial charge in [-0.2, -0.15) is 8.78 Å². The summed E-state index contributed by atoms with van der Waals surface area (Å²) < 4.78 is 74.7. The summed E-state index contributed by atoms with van der Waals surface area (Å²) in [6, 6.07) is 11.3. The van der Waals surface area contributed by atoms with Crippen molar-refractivity contribution < 1.29 is 36.6 Å². The van der Waals surface area contributed by atoms with Crippen molar-refractivity contribution in [2.45, 2.75) is 71.8 Å². The van der Waals surface area contributed by atoms with Crippen LogP contribution < -0.4 is 14.2 Å². The van der Waals surface area contributed by atoms with E-state index in [9.17, 15) is 22.4 Å². The lowest BCUT2D eigenvalue weighted by molar-refractivity contribution is -0.141. The molecule has 230 valence electrons. The molecule has 2 aliphatic carbocycles. The van der Waals surface area contributed by atoms with Crippen LogP contribution in [-0.4, -0.2) is 12.6 Å². The third-order valence-electron chi connectivity index (χ3n) is 8.97. The van der Waals surface area contributed by atoms with Crippen molar-refractivity contribution in [3.05, 3.63) is 77.4 Å². The minimum absolute atomic E-state index is 0.0826. The highest BCUT2D eigenvalue weighted by molar-refractivity contribution is 5.75. The number of halogens is 4. The third kappa shape index (κ3) is 7.00. The lowest BCUT2D eigenvalue weighted by atomic mass is 9.64. The molecule has 0 bridgehead atoms. The number of hydrogen-bond donors (Lipinski definition) is 0. The first kappa shape index (κ1) is 30.9. The van der Waals surface area contributed by atoms with Gasteiger partial charge in [0.1, 0.15) is 12.4 Å². The summed E-state index contributed by atoms with van der Waals surface area (Å²) in [6.45, 7) is 3.91. The molecule has 3 aromatic carbocycles. The fourth-order valence-electron chi connectivity index (χ4n) is 6.74. The van der Waals surface area contributed by atoms with Crippen molar-refractivity contribution in [3.8, 4) is 28.4 Å². The van der Waals surface area contributed by atoms with Crippen LogP contribution in [0.5, 0.6) is 17.2 Å². The Morgan fingerprint density at radius 3 is 1.95 bits per heavy atom. The number of esters is 1. The van der Waals surface area contributed by atoms with Crippen LogP contribution in [0, 0.1) is 46.9 Å². The van der Waals surface area contributed by atoms with E-state index in [4.69, 9.17) is 14.2 Å². The zero-order valence-corrected chi connectivity index (χ0v) is 24.6. The fraction of sp³-hybridized carbons (Fsp3) is 0.457. The van der Waals surface area contributed by atoms with Crippen LogP contribution in [0.1, 0.15) is 70.8 Å². The highest BCUT2D eigenvalue weighted by atomic mass is 19.2. The Hall–Kier alpha value is -3.55. The van der Waals surface area contributed by atoms with Crippen LogP contribution >= 0.6 is 0 Å². The first-order valence-electron chi connectivity index (χ1n) is 15.3. The van der Waals surface area contributed by atoms with Gasteiger partial charge in [0, 0.05) is 11.1 Å². The molecule has 0 heterocycles. The molecule has 4 nitrogen and oxygen atoms in total. The molecule has 0 aromatic heterocycles. The predicted octanol–water partition coefficient (Wildman–Crippen LogP) is 9.43. The lowest BCUT2D eigenvalue weighted by Gasteiger charge is -2.41. The molecular formula is C35H38F4O4. The summed E-state index contributed by atoms with van der Waals surface area (Å²) in [7, 11) is 0. The van der Waals surface area contributed by atoms with Crippen LogP contribution in [-0.2, 0) is 11.4 Å². The van der Waals surface area contributed by atoms with Gasteiger partial charge in [-0.05, 0) is 98.7 Å². The van der Waals surface area contributed by atoms with Crippen molar-refractivity contribution in [2.75, 3.05) is 6.61 Å². The third-order valence-corrected chi connectivity index (χ3v) is 8.97. The lowest BCUT2D eigenvalue weighted by Crippen LogP contribution is -2.35. The fourth-order valence-corrected chi connectivity index (χ4v) is 6.74. The molecule has 0 amide bonds. The Labute approximate surface area is 250 Å². The van der Waals surface area contributed by atoms with Gasteiger partial charge >= 0.3 is 5.97 Å². The number of hydrogen-bond acceptors (Lipinski definition) is 4. The van der Waals surface area contributed by atoms with Crippen molar-refractivity contribution in [2.24, 2.45) is 23.7 Å². The second kappa shape index (κ2) is 13.8. The van der Waals surface area contributed by atoms with E-state index >= 15 is 0 Å². The van der Waals surface area contributed by atoms with E-state index in [1.165, 1.54) is 44.2 Å². The molecule has 43 heavy (non-hydrogen) atoms. The molecule has 2 saturated carbocycles. The Morgan fingerprint density at radius 2 is 1.33 bits per heavy atom. The second-order valence-electron chi connectivity index (χ2n) is 11.8. The Morgan fingerprint density at radius 1 is 0.721 bits per heavy atom. The van der Waals surface area contributed by atoms with E-state index in [1.807, 2.05) is 0 Å². The average Bonchev–Trinajstić information content (AvgIpc) is 3.01. The zero-order valence-electron chi connectivity index (χ0n) is 24.6. The standard InChI is InChI=1S/C35H38F4O4/c1-3-5-21-6-9-24-19-25(11-10-23(24)18-21)35(40)43-26-12-7-22(8-13-26)20-42-30-17-15-28(32(37)34(30)39)27-14-16-29(41-4-2)33(38)31(27)36/h7-8,12-17,21,23-25H,3-6,9-11,18-20H2,1-2H3. The molecule has 2 aliphatic rings. The average molecular weight is 599 g/mol. The van der Waals surface area contributed by atoms with E-state index in [0.717, 1.165) is 43.2 Å². The van der Waals surface area contributed by atoms with Crippen LogP contribution in [0.3, 0.4) is 0 Å². The minimum Gasteiger partial charge on any atom is -0.491 e. The van der Waals surface area contributed by atoms with Gasteiger partial charge in [0.25, 0.3) is 0 Å². The molecule has 0 aliphatic heterocycles. The molecule has 0 saturated heterocycles. The summed E-state index contributed by atoms with van der Waals surface area (Å²) in [6.07, 6.45) is 9.17. The van der Waals surface area contributed by atoms with Gasteiger partial charge < -0.3 is 14.2 Å². The van der Waals surface area contributed by atoms with E-state index < -0.39 is 34.4 Å². The Kier molecular flexibility index (Phi) is 9.93. The largest absolute Gasteiger partial charge is 0.491 e. The summed E-state index contributed by atoms with van der Waals surface area (Å²) >= 11 is 0. The molecule has 2 fully saturated rings. The first-order valence-corrected chi connectivity index (χ1v) is 15.3. The van der Waals surface area contributed by atoms with Gasteiger partial charge in [-0.15, -0.1) is 0 Å². The maximum Gasteiger partial charge on any atom is 0.314 e. The normalized spacial score (nSPS) is 21.6. The molecule has 0 spiro atoms. The van der Waals surface area contributed by atoms with Crippen molar-refractivity contribution in [1.82, 2.24) is 0 Å². The number of ether oxygens (including phenoxy) is 3. The van der Waals surface area contributed by atoms with Gasteiger partial charge in [0.15, 0.2) is 23.1 Å². The SMILES string of the molecule is CCCC1CCC2CC(C(=O)Oc3ccc(COc4ccc(-c5ccc(OCC)c(F)c5F)c(F)c4F)cc3)CCC2C1. The van der Waals surface area contributed by atoms with Crippen molar-refractivity contribution in [3.63, 3.8) is 0 Å². The maximum atomic E-state index is 14.9. The van der Waals surface area contributed by atoms with Crippen LogP contribution in [0.2, 0.25) is 0 Å². The van der Waals surface area contributed by atoms with Gasteiger partial charge in [-0.25, -0.2) is 8.78 Å². The van der Waals surface area contributed by atoms with Crippen molar-refractivity contribution >= 4 is 5.97 Å². The second-order valence-corrected chi connectivity index (χ2v) is 11.8.